The molecule has 0 bridgehead atoms. The van der Waals surface area contributed by atoms with E-state index in [-0.39, 0.29) is 11.7 Å². The van der Waals surface area contributed by atoms with Crippen LogP contribution in [-0.2, 0) is 12.8 Å². The van der Waals surface area contributed by atoms with E-state index in [9.17, 15) is 9.50 Å². The first kappa shape index (κ1) is 21.1. The van der Waals surface area contributed by atoms with Crippen molar-refractivity contribution in [3.63, 3.8) is 0 Å². The number of methoxy groups -OCH3 is 1. The molecule has 0 saturated heterocycles. The first-order valence-electron chi connectivity index (χ1n) is 11.4. The molecule has 1 N–H and O–H groups in total. The molecule has 0 unspecified atom stereocenters. The van der Waals surface area contributed by atoms with Crippen LogP contribution in [0.1, 0.15) is 22.5 Å². The Kier molecular flexibility index (Phi) is 5.07. The van der Waals surface area contributed by atoms with Crippen molar-refractivity contribution in [1.82, 2.24) is 14.4 Å². The van der Waals surface area contributed by atoms with E-state index in [0.717, 1.165) is 44.4 Å². The van der Waals surface area contributed by atoms with Crippen molar-refractivity contribution in [2.24, 2.45) is 0 Å². The van der Waals surface area contributed by atoms with Gasteiger partial charge in [0.25, 0.3) is 0 Å². The molecule has 0 aliphatic heterocycles. The molecule has 2 heterocycles. The first-order valence-corrected chi connectivity index (χ1v) is 11.4. The number of aromatic nitrogens is 3. The second kappa shape index (κ2) is 8.40. The van der Waals surface area contributed by atoms with Gasteiger partial charge in [0.05, 0.1) is 23.8 Å². The number of ether oxygens (including phenoxy) is 1. The summed E-state index contributed by atoms with van der Waals surface area (Å²) < 4.78 is 20.6. The van der Waals surface area contributed by atoms with E-state index in [1.807, 2.05) is 48.5 Å². The Bertz CT molecular complexity index is 1690. The predicted molar refractivity (Wildman–Crippen MR) is 135 cm³/mol. The lowest BCUT2D eigenvalue weighted by Crippen LogP contribution is -2.01. The van der Waals surface area contributed by atoms with E-state index in [4.69, 9.17) is 14.7 Å². The van der Waals surface area contributed by atoms with Crippen molar-refractivity contribution in [3.05, 3.63) is 113 Å². The lowest BCUT2D eigenvalue weighted by molar-refractivity contribution is 0.415. The van der Waals surface area contributed by atoms with Gasteiger partial charge in [-0.1, -0.05) is 48.5 Å². The van der Waals surface area contributed by atoms with Gasteiger partial charge in [-0.25, -0.2) is 14.4 Å². The van der Waals surface area contributed by atoms with Crippen molar-refractivity contribution in [2.45, 2.75) is 12.8 Å². The molecule has 5 nitrogen and oxygen atoms in total. The van der Waals surface area contributed by atoms with E-state index >= 15 is 0 Å². The number of hydrogen-bond donors (Lipinski definition) is 1. The molecule has 6 heteroatoms. The van der Waals surface area contributed by atoms with Crippen LogP contribution in [0.4, 0.5) is 4.39 Å². The molecule has 0 fully saturated rings. The van der Waals surface area contributed by atoms with Gasteiger partial charge in [-0.3, -0.25) is 4.40 Å². The summed E-state index contributed by atoms with van der Waals surface area (Å²) in [6.45, 7) is 0. The molecule has 0 atom stereocenters. The van der Waals surface area contributed by atoms with Gasteiger partial charge in [0.15, 0.2) is 5.65 Å². The van der Waals surface area contributed by atoms with Crippen LogP contribution in [0, 0.1) is 5.82 Å². The van der Waals surface area contributed by atoms with E-state index in [1.54, 1.807) is 23.6 Å². The zero-order chi connectivity index (χ0) is 23.9. The minimum Gasteiger partial charge on any atom is -0.497 e. The highest BCUT2D eigenvalue weighted by atomic mass is 19.1. The molecule has 172 valence electrons. The Morgan fingerprint density at radius 3 is 2.34 bits per heavy atom. The summed E-state index contributed by atoms with van der Waals surface area (Å²) in [5.74, 6) is 0.547. The van der Waals surface area contributed by atoms with Crippen LogP contribution in [0.3, 0.4) is 0 Å². The van der Waals surface area contributed by atoms with Crippen LogP contribution >= 0.6 is 0 Å². The summed E-state index contributed by atoms with van der Waals surface area (Å²) in [5.41, 5.74) is 5.43. The van der Waals surface area contributed by atoms with Crippen LogP contribution in [0.2, 0.25) is 0 Å². The Morgan fingerprint density at radius 2 is 1.57 bits per heavy atom. The molecule has 4 aromatic carbocycles. The van der Waals surface area contributed by atoms with Gasteiger partial charge < -0.3 is 9.84 Å². The van der Waals surface area contributed by atoms with Crippen LogP contribution in [0.5, 0.6) is 11.6 Å². The zero-order valence-electron chi connectivity index (χ0n) is 19.1. The smallest absolute Gasteiger partial charge is 0.220 e. The Balaban J connectivity index is 1.61. The molecule has 35 heavy (non-hydrogen) atoms. The Labute approximate surface area is 201 Å². The molecule has 0 aliphatic carbocycles. The van der Waals surface area contributed by atoms with E-state index in [0.29, 0.717) is 24.2 Å². The molecule has 0 spiro atoms. The largest absolute Gasteiger partial charge is 0.497 e. The van der Waals surface area contributed by atoms with Crippen LogP contribution < -0.4 is 4.74 Å². The minimum atomic E-state index is -0.295. The third-order valence-electron chi connectivity index (χ3n) is 6.34. The maximum absolute atomic E-state index is 13.4. The van der Waals surface area contributed by atoms with Crippen molar-refractivity contribution in [3.8, 4) is 11.6 Å². The molecule has 6 rings (SSSR count). The van der Waals surface area contributed by atoms with Gasteiger partial charge in [0.1, 0.15) is 17.3 Å². The summed E-state index contributed by atoms with van der Waals surface area (Å²) in [6.07, 6.45) is 0.949. The number of rotatable bonds is 5. The molecule has 0 saturated carbocycles. The van der Waals surface area contributed by atoms with Crippen molar-refractivity contribution < 1.29 is 14.2 Å². The lowest BCUT2D eigenvalue weighted by Gasteiger charge is -2.11. The van der Waals surface area contributed by atoms with Gasteiger partial charge in [0, 0.05) is 18.2 Å². The number of fused-ring (bicyclic) bond motifs is 5. The number of hydrogen-bond acceptors (Lipinski definition) is 4. The zero-order valence-corrected chi connectivity index (χ0v) is 19.1. The summed E-state index contributed by atoms with van der Waals surface area (Å²) in [5, 5.41) is 13.3. The Hall–Kier alpha value is -4.45. The molecule has 0 amide bonds. The topological polar surface area (TPSA) is 59.7 Å². The SMILES string of the molecule is COc1ccc2c(ccc3c2nc(Cc2ccccc2)c2nc(Cc4ccc(F)cc4)c(O)n23)c1. The van der Waals surface area contributed by atoms with Gasteiger partial charge in [-0.15, -0.1) is 0 Å². The third-order valence-corrected chi connectivity index (χ3v) is 6.34. The summed E-state index contributed by atoms with van der Waals surface area (Å²) in [6, 6.07) is 26.2. The molecule has 0 aliphatic rings. The normalized spacial score (nSPS) is 11.5. The molecular formula is C29H22FN3O2. The summed E-state index contributed by atoms with van der Waals surface area (Å²) in [4.78, 5) is 9.89. The highest BCUT2D eigenvalue weighted by Crippen LogP contribution is 2.33. The monoisotopic (exact) mass is 463 g/mol. The van der Waals surface area contributed by atoms with Crippen LogP contribution in [0.15, 0.2) is 84.9 Å². The highest BCUT2D eigenvalue weighted by Gasteiger charge is 2.20. The number of benzene rings is 4. The Morgan fingerprint density at radius 1 is 0.829 bits per heavy atom. The lowest BCUT2D eigenvalue weighted by atomic mass is 10.1. The maximum Gasteiger partial charge on any atom is 0.220 e. The fourth-order valence-electron chi connectivity index (χ4n) is 4.59. The quantitative estimate of drug-likeness (QED) is 0.315. The molecule has 0 radical (unpaired) electrons. The van der Waals surface area contributed by atoms with Crippen molar-refractivity contribution in [2.75, 3.05) is 7.11 Å². The summed E-state index contributed by atoms with van der Waals surface area (Å²) >= 11 is 0. The van der Waals surface area contributed by atoms with Crippen LogP contribution in [0.25, 0.3) is 27.5 Å². The number of imidazole rings is 1. The summed E-state index contributed by atoms with van der Waals surface area (Å²) in [7, 11) is 1.65. The number of aromatic hydroxyl groups is 1. The second-order valence-electron chi connectivity index (χ2n) is 8.59. The van der Waals surface area contributed by atoms with Gasteiger partial charge in [-0.05, 0) is 52.9 Å². The van der Waals surface area contributed by atoms with Gasteiger partial charge >= 0.3 is 0 Å². The van der Waals surface area contributed by atoms with E-state index in [2.05, 4.69) is 12.1 Å². The minimum absolute atomic E-state index is 0.0684. The van der Waals surface area contributed by atoms with Crippen molar-refractivity contribution in [1.29, 1.82) is 0 Å². The fraction of sp³-hybridized carbons (Fsp3) is 0.103. The predicted octanol–water partition coefficient (Wildman–Crippen LogP) is 6.07. The second-order valence-corrected chi connectivity index (χ2v) is 8.59. The van der Waals surface area contributed by atoms with Gasteiger partial charge in [0.2, 0.25) is 5.88 Å². The van der Waals surface area contributed by atoms with Gasteiger partial charge in [-0.2, -0.15) is 0 Å². The fourth-order valence-corrected chi connectivity index (χ4v) is 4.59. The maximum atomic E-state index is 13.4. The molecular weight excluding hydrogens is 441 g/mol. The molecule has 6 aromatic rings. The average Bonchev–Trinajstić information content (AvgIpc) is 3.22. The third kappa shape index (κ3) is 3.73. The first-order chi connectivity index (χ1) is 17.1. The van der Waals surface area contributed by atoms with E-state index in [1.165, 1.54) is 12.1 Å². The standard InChI is InChI=1S/C29H22FN3O2/c1-35-22-12-13-23-20(17-22)9-14-26-27(23)31-24(15-18-5-3-2-4-6-18)28-32-25(29(34)33(26)28)16-19-7-10-21(30)11-8-19/h2-14,17,34H,15-16H2,1H3. The molecule has 2 aromatic heterocycles. The van der Waals surface area contributed by atoms with Crippen molar-refractivity contribution >= 4 is 27.5 Å². The number of halogens is 1. The highest BCUT2D eigenvalue weighted by molar-refractivity contribution is 6.05. The van der Waals surface area contributed by atoms with Crippen LogP contribution in [-0.4, -0.2) is 26.6 Å². The number of nitrogens with zero attached hydrogens (tertiary/aromatic N) is 3. The van der Waals surface area contributed by atoms with E-state index < -0.39 is 0 Å². The average molecular weight is 464 g/mol.